The maximum absolute atomic E-state index is 12.2. The van der Waals surface area contributed by atoms with E-state index in [9.17, 15) is 4.79 Å². The van der Waals surface area contributed by atoms with Crippen LogP contribution in [0.25, 0.3) is 11.3 Å². The van der Waals surface area contributed by atoms with Gasteiger partial charge in [-0.15, -0.1) is 0 Å². The molecule has 2 N–H and O–H groups in total. The fraction of sp³-hybridized carbons (Fsp3) is 0.500. The van der Waals surface area contributed by atoms with Gasteiger partial charge in [0.05, 0.1) is 18.9 Å². The van der Waals surface area contributed by atoms with Gasteiger partial charge in [0.1, 0.15) is 19.0 Å². The van der Waals surface area contributed by atoms with Crippen LogP contribution >= 0.6 is 0 Å². The van der Waals surface area contributed by atoms with Gasteiger partial charge in [0, 0.05) is 31.1 Å². The van der Waals surface area contributed by atoms with Gasteiger partial charge < -0.3 is 19.5 Å². The SMILES string of the molecule is O=C(CCCCN1CCOCC1)Nc1cc(-c2ccc3c(c2)OCCO3)n[nH]1. The standard InChI is InChI=1S/C20H26N4O4/c25-20(3-1-2-6-24-7-9-26-10-8-24)21-19-14-16(22-23-19)15-4-5-17-18(13-15)28-12-11-27-17/h4-5,13-14H,1-3,6-12H2,(H2,21,22,23,25). The van der Waals surface area contributed by atoms with Crippen molar-refractivity contribution in [2.75, 3.05) is 51.4 Å². The number of carbonyl (C=O) groups excluding carboxylic acids is 1. The molecular formula is C20H26N4O4. The van der Waals surface area contributed by atoms with Crippen molar-refractivity contribution in [3.8, 4) is 22.8 Å². The first-order chi connectivity index (χ1) is 13.8. The zero-order valence-electron chi connectivity index (χ0n) is 15.9. The highest BCUT2D eigenvalue weighted by atomic mass is 16.6. The normalized spacial score (nSPS) is 16.7. The number of aromatic amines is 1. The quantitative estimate of drug-likeness (QED) is 0.710. The number of carbonyl (C=O) groups is 1. The number of hydrogen-bond donors (Lipinski definition) is 2. The van der Waals surface area contributed by atoms with Crippen LogP contribution in [0.2, 0.25) is 0 Å². The highest BCUT2D eigenvalue weighted by Crippen LogP contribution is 2.34. The monoisotopic (exact) mass is 386 g/mol. The Labute approximate surface area is 164 Å². The second kappa shape index (κ2) is 9.07. The van der Waals surface area contributed by atoms with Gasteiger partial charge in [-0.25, -0.2) is 0 Å². The number of aromatic nitrogens is 2. The summed E-state index contributed by atoms with van der Waals surface area (Å²) in [5, 5.41) is 10.1. The minimum Gasteiger partial charge on any atom is -0.486 e. The Bertz CT molecular complexity index is 801. The van der Waals surface area contributed by atoms with E-state index in [0.29, 0.717) is 25.5 Å². The molecule has 2 aliphatic heterocycles. The molecule has 8 heteroatoms. The van der Waals surface area contributed by atoms with E-state index < -0.39 is 0 Å². The molecule has 1 amide bonds. The third kappa shape index (κ3) is 4.82. The molecule has 0 unspecified atom stereocenters. The topological polar surface area (TPSA) is 88.7 Å². The largest absolute Gasteiger partial charge is 0.486 e. The molecule has 1 aromatic heterocycles. The van der Waals surface area contributed by atoms with E-state index in [1.54, 1.807) is 0 Å². The summed E-state index contributed by atoms with van der Waals surface area (Å²) in [5.41, 5.74) is 1.66. The van der Waals surface area contributed by atoms with Crippen LogP contribution in [0, 0.1) is 0 Å². The summed E-state index contributed by atoms with van der Waals surface area (Å²) in [6, 6.07) is 7.55. The van der Waals surface area contributed by atoms with E-state index in [2.05, 4.69) is 20.4 Å². The minimum absolute atomic E-state index is 0.000600. The lowest BCUT2D eigenvalue weighted by molar-refractivity contribution is -0.116. The van der Waals surface area contributed by atoms with Crippen molar-refractivity contribution in [1.29, 1.82) is 0 Å². The predicted molar refractivity (Wildman–Crippen MR) is 105 cm³/mol. The Morgan fingerprint density at radius 2 is 1.89 bits per heavy atom. The summed E-state index contributed by atoms with van der Waals surface area (Å²) < 4.78 is 16.5. The van der Waals surface area contributed by atoms with Crippen molar-refractivity contribution in [3.05, 3.63) is 24.3 Å². The number of benzene rings is 1. The fourth-order valence-electron chi connectivity index (χ4n) is 3.39. The lowest BCUT2D eigenvalue weighted by Crippen LogP contribution is -2.36. The smallest absolute Gasteiger partial charge is 0.225 e. The average Bonchev–Trinajstić information content (AvgIpc) is 3.20. The number of amides is 1. The fourth-order valence-corrected chi connectivity index (χ4v) is 3.39. The predicted octanol–water partition coefficient (Wildman–Crippen LogP) is 2.29. The van der Waals surface area contributed by atoms with Crippen LogP contribution in [0.1, 0.15) is 19.3 Å². The van der Waals surface area contributed by atoms with Gasteiger partial charge in [-0.3, -0.25) is 14.8 Å². The first kappa shape index (κ1) is 18.8. The van der Waals surface area contributed by atoms with Crippen molar-refractivity contribution in [2.24, 2.45) is 0 Å². The van der Waals surface area contributed by atoms with Gasteiger partial charge in [0.2, 0.25) is 5.91 Å². The minimum atomic E-state index is -0.000600. The van der Waals surface area contributed by atoms with E-state index >= 15 is 0 Å². The second-order valence-corrected chi connectivity index (χ2v) is 6.98. The zero-order chi connectivity index (χ0) is 19.2. The molecule has 0 aliphatic carbocycles. The van der Waals surface area contributed by atoms with Crippen molar-refractivity contribution in [3.63, 3.8) is 0 Å². The van der Waals surface area contributed by atoms with Gasteiger partial charge in [0.15, 0.2) is 11.5 Å². The molecule has 0 spiro atoms. The lowest BCUT2D eigenvalue weighted by atomic mass is 10.1. The summed E-state index contributed by atoms with van der Waals surface area (Å²) in [4.78, 5) is 14.6. The van der Waals surface area contributed by atoms with Crippen LogP contribution in [-0.4, -0.2) is 67.1 Å². The number of rotatable bonds is 7. The van der Waals surface area contributed by atoms with Gasteiger partial charge in [0.25, 0.3) is 0 Å². The molecule has 2 aromatic rings. The molecule has 1 saturated heterocycles. The average molecular weight is 386 g/mol. The number of ether oxygens (including phenoxy) is 3. The molecule has 0 atom stereocenters. The van der Waals surface area contributed by atoms with E-state index in [-0.39, 0.29) is 5.91 Å². The molecule has 1 fully saturated rings. The van der Waals surface area contributed by atoms with Crippen LogP contribution in [0.5, 0.6) is 11.5 Å². The van der Waals surface area contributed by atoms with Crippen molar-refractivity contribution >= 4 is 11.7 Å². The first-order valence-electron chi connectivity index (χ1n) is 9.83. The molecule has 4 rings (SSSR count). The Morgan fingerprint density at radius 3 is 2.75 bits per heavy atom. The molecule has 3 heterocycles. The van der Waals surface area contributed by atoms with E-state index in [1.165, 1.54) is 0 Å². The molecule has 0 saturated carbocycles. The molecule has 0 bridgehead atoms. The van der Waals surface area contributed by atoms with Crippen LogP contribution in [0.3, 0.4) is 0 Å². The van der Waals surface area contributed by atoms with Crippen LogP contribution in [0.15, 0.2) is 24.3 Å². The molecule has 28 heavy (non-hydrogen) atoms. The second-order valence-electron chi connectivity index (χ2n) is 6.98. The number of fused-ring (bicyclic) bond motifs is 1. The highest BCUT2D eigenvalue weighted by Gasteiger charge is 2.14. The molecule has 1 aromatic carbocycles. The maximum atomic E-state index is 12.2. The number of nitrogens with zero attached hydrogens (tertiary/aromatic N) is 2. The Morgan fingerprint density at radius 1 is 1.07 bits per heavy atom. The Balaban J connectivity index is 1.24. The Kier molecular flexibility index (Phi) is 6.08. The number of morpholine rings is 1. The Hall–Kier alpha value is -2.58. The zero-order valence-corrected chi connectivity index (χ0v) is 15.9. The lowest BCUT2D eigenvalue weighted by Gasteiger charge is -2.26. The number of hydrogen-bond acceptors (Lipinski definition) is 6. The molecule has 150 valence electrons. The summed E-state index contributed by atoms with van der Waals surface area (Å²) >= 11 is 0. The van der Waals surface area contributed by atoms with E-state index in [0.717, 1.165) is 68.4 Å². The number of unbranched alkanes of at least 4 members (excludes halogenated alkanes) is 1. The molecule has 8 nitrogen and oxygen atoms in total. The summed E-state index contributed by atoms with van der Waals surface area (Å²) in [7, 11) is 0. The van der Waals surface area contributed by atoms with Crippen molar-refractivity contribution in [2.45, 2.75) is 19.3 Å². The number of anilines is 1. The molecular weight excluding hydrogens is 360 g/mol. The summed E-state index contributed by atoms with van der Waals surface area (Å²) in [6.45, 7) is 5.74. The van der Waals surface area contributed by atoms with Crippen LogP contribution in [-0.2, 0) is 9.53 Å². The van der Waals surface area contributed by atoms with Crippen molar-refractivity contribution < 1.29 is 19.0 Å². The summed E-state index contributed by atoms with van der Waals surface area (Å²) in [6.07, 6.45) is 2.38. The number of H-pyrrole nitrogens is 1. The first-order valence-corrected chi connectivity index (χ1v) is 9.83. The number of nitrogens with one attached hydrogen (secondary N) is 2. The third-order valence-electron chi connectivity index (χ3n) is 4.92. The van der Waals surface area contributed by atoms with Gasteiger partial charge in [-0.05, 0) is 37.6 Å². The van der Waals surface area contributed by atoms with Gasteiger partial charge in [-0.2, -0.15) is 5.10 Å². The van der Waals surface area contributed by atoms with Gasteiger partial charge >= 0.3 is 0 Å². The third-order valence-corrected chi connectivity index (χ3v) is 4.92. The highest BCUT2D eigenvalue weighted by molar-refractivity contribution is 5.90. The molecule has 2 aliphatic rings. The van der Waals surface area contributed by atoms with Gasteiger partial charge in [-0.1, -0.05) is 0 Å². The van der Waals surface area contributed by atoms with E-state index in [4.69, 9.17) is 14.2 Å². The maximum Gasteiger partial charge on any atom is 0.225 e. The van der Waals surface area contributed by atoms with E-state index in [1.807, 2.05) is 24.3 Å². The van der Waals surface area contributed by atoms with Crippen molar-refractivity contribution in [1.82, 2.24) is 15.1 Å². The molecule has 0 radical (unpaired) electrons. The van der Waals surface area contributed by atoms with Crippen LogP contribution in [0.4, 0.5) is 5.82 Å². The van der Waals surface area contributed by atoms with Crippen LogP contribution < -0.4 is 14.8 Å². The summed E-state index contributed by atoms with van der Waals surface area (Å²) in [5.74, 6) is 2.07.